The molecule has 1 aromatic rings. The molecule has 1 aliphatic heterocycles. The first-order valence-corrected chi connectivity index (χ1v) is 6.09. The van der Waals surface area contributed by atoms with Crippen molar-refractivity contribution in [3.05, 3.63) is 12.5 Å². The van der Waals surface area contributed by atoms with E-state index in [1.165, 1.54) is 24.5 Å². The number of methoxy groups -OCH3 is 1. The molecule has 2 heterocycles. The predicted molar refractivity (Wildman–Crippen MR) is 69.5 cm³/mol. The number of amides is 2. The van der Waals surface area contributed by atoms with Crippen LogP contribution in [0.4, 0.5) is 10.5 Å². The van der Waals surface area contributed by atoms with Crippen molar-refractivity contribution in [1.82, 2.24) is 14.9 Å². The van der Waals surface area contributed by atoms with Crippen LogP contribution in [-0.2, 0) is 4.79 Å². The lowest BCUT2D eigenvalue weighted by atomic mass is 9.90. The SMILES string of the molecule is COc1ncncc1NC(=O)N1CCC(C)(C(=O)O)C1. The zero-order chi connectivity index (χ0) is 14.8. The van der Waals surface area contributed by atoms with Crippen LogP contribution >= 0.6 is 0 Å². The number of ether oxygens (including phenoxy) is 1. The van der Waals surface area contributed by atoms with Crippen LogP contribution in [0.5, 0.6) is 5.88 Å². The zero-order valence-corrected chi connectivity index (χ0v) is 11.3. The van der Waals surface area contributed by atoms with Crippen LogP contribution in [0.15, 0.2) is 12.5 Å². The third kappa shape index (κ3) is 2.63. The number of likely N-dealkylation sites (tertiary alicyclic amines) is 1. The summed E-state index contributed by atoms with van der Waals surface area (Å²) in [6.07, 6.45) is 3.17. The number of rotatable bonds is 3. The number of hydrogen-bond acceptors (Lipinski definition) is 5. The minimum Gasteiger partial charge on any atom is -0.481 e. The first-order valence-electron chi connectivity index (χ1n) is 6.09. The molecule has 1 saturated heterocycles. The van der Waals surface area contributed by atoms with E-state index in [0.717, 1.165) is 0 Å². The second-order valence-corrected chi connectivity index (χ2v) is 4.91. The first-order chi connectivity index (χ1) is 9.46. The van der Waals surface area contributed by atoms with E-state index in [0.29, 0.717) is 18.7 Å². The van der Waals surface area contributed by atoms with E-state index < -0.39 is 11.4 Å². The molecule has 1 fully saturated rings. The quantitative estimate of drug-likeness (QED) is 0.849. The van der Waals surface area contributed by atoms with E-state index in [1.54, 1.807) is 6.92 Å². The molecule has 1 aliphatic rings. The summed E-state index contributed by atoms with van der Waals surface area (Å²) >= 11 is 0. The van der Waals surface area contributed by atoms with Crippen molar-refractivity contribution < 1.29 is 19.4 Å². The summed E-state index contributed by atoms with van der Waals surface area (Å²) in [6.45, 7) is 2.20. The van der Waals surface area contributed by atoms with E-state index in [4.69, 9.17) is 9.84 Å². The van der Waals surface area contributed by atoms with Crippen molar-refractivity contribution in [3.8, 4) is 5.88 Å². The number of carboxylic acids is 1. The third-order valence-electron chi connectivity index (χ3n) is 3.39. The van der Waals surface area contributed by atoms with Crippen LogP contribution in [0.2, 0.25) is 0 Å². The fourth-order valence-corrected chi connectivity index (χ4v) is 2.07. The van der Waals surface area contributed by atoms with Gasteiger partial charge in [0.1, 0.15) is 12.0 Å². The van der Waals surface area contributed by atoms with Gasteiger partial charge in [-0.15, -0.1) is 0 Å². The Labute approximate surface area is 115 Å². The predicted octanol–water partition coefficient (Wildman–Crippen LogP) is 0.814. The molecule has 2 N–H and O–H groups in total. The summed E-state index contributed by atoms with van der Waals surface area (Å²) < 4.78 is 5.01. The number of carboxylic acid groups (broad SMARTS) is 1. The Bertz CT molecular complexity index is 536. The molecule has 1 unspecified atom stereocenters. The molecular weight excluding hydrogens is 264 g/mol. The minimum absolute atomic E-state index is 0.171. The molecule has 0 radical (unpaired) electrons. The number of aliphatic carboxylic acids is 1. The summed E-state index contributed by atoms with van der Waals surface area (Å²) in [5.41, 5.74) is -0.543. The van der Waals surface area contributed by atoms with Gasteiger partial charge in [-0.2, -0.15) is 4.98 Å². The van der Waals surface area contributed by atoms with E-state index >= 15 is 0 Å². The molecule has 0 aromatic carbocycles. The Morgan fingerprint density at radius 2 is 2.30 bits per heavy atom. The van der Waals surface area contributed by atoms with Crippen molar-refractivity contribution in [1.29, 1.82) is 0 Å². The molecule has 1 aromatic heterocycles. The molecule has 0 bridgehead atoms. The van der Waals surface area contributed by atoms with Crippen LogP contribution in [0.1, 0.15) is 13.3 Å². The van der Waals surface area contributed by atoms with Crippen molar-refractivity contribution in [2.45, 2.75) is 13.3 Å². The van der Waals surface area contributed by atoms with Crippen molar-refractivity contribution in [3.63, 3.8) is 0 Å². The molecule has 2 amide bonds. The van der Waals surface area contributed by atoms with Crippen LogP contribution in [0, 0.1) is 5.41 Å². The molecule has 20 heavy (non-hydrogen) atoms. The van der Waals surface area contributed by atoms with E-state index in [9.17, 15) is 9.59 Å². The molecule has 2 rings (SSSR count). The molecule has 108 valence electrons. The van der Waals surface area contributed by atoms with E-state index in [-0.39, 0.29) is 18.5 Å². The van der Waals surface area contributed by atoms with Gasteiger partial charge in [-0.3, -0.25) is 4.79 Å². The lowest BCUT2D eigenvalue weighted by Crippen LogP contribution is -2.37. The van der Waals surface area contributed by atoms with Crippen LogP contribution in [0.3, 0.4) is 0 Å². The third-order valence-corrected chi connectivity index (χ3v) is 3.39. The van der Waals surface area contributed by atoms with Gasteiger partial charge in [0.2, 0.25) is 5.88 Å². The Balaban J connectivity index is 2.05. The highest BCUT2D eigenvalue weighted by molar-refractivity contribution is 5.91. The number of nitrogens with one attached hydrogen (secondary N) is 1. The van der Waals surface area contributed by atoms with E-state index in [2.05, 4.69) is 15.3 Å². The van der Waals surface area contributed by atoms with Crippen molar-refractivity contribution in [2.75, 3.05) is 25.5 Å². The lowest BCUT2D eigenvalue weighted by Gasteiger charge is -2.20. The summed E-state index contributed by atoms with van der Waals surface area (Å²) in [4.78, 5) is 32.4. The molecule has 1 atom stereocenters. The van der Waals surface area contributed by atoms with Gasteiger partial charge >= 0.3 is 12.0 Å². The number of urea groups is 1. The maximum absolute atomic E-state index is 12.1. The minimum atomic E-state index is -0.895. The number of hydrogen-bond donors (Lipinski definition) is 2. The monoisotopic (exact) mass is 280 g/mol. The number of nitrogens with zero attached hydrogens (tertiary/aromatic N) is 3. The first kappa shape index (κ1) is 14.0. The Morgan fingerprint density at radius 3 is 2.90 bits per heavy atom. The molecule has 8 nitrogen and oxygen atoms in total. The van der Waals surface area contributed by atoms with E-state index in [1.807, 2.05) is 0 Å². The Hall–Kier alpha value is -2.38. The summed E-state index contributed by atoms with van der Waals surface area (Å²) in [7, 11) is 1.44. The number of aromatic nitrogens is 2. The molecule has 0 saturated carbocycles. The summed E-state index contributed by atoms with van der Waals surface area (Å²) in [5, 5.41) is 11.8. The van der Waals surface area contributed by atoms with Gasteiger partial charge in [-0.05, 0) is 13.3 Å². The van der Waals surface area contributed by atoms with Gasteiger partial charge in [0.25, 0.3) is 0 Å². The van der Waals surface area contributed by atoms with Crippen LogP contribution in [0.25, 0.3) is 0 Å². The van der Waals surface area contributed by atoms with Crippen molar-refractivity contribution in [2.24, 2.45) is 5.41 Å². The highest BCUT2D eigenvalue weighted by Crippen LogP contribution is 2.30. The van der Waals surface area contributed by atoms with Gasteiger partial charge in [-0.1, -0.05) is 0 Å². The van der Waals surface area contributed by atoms with Gasteiger partial charge in [0, 0.05) is 13.1 Å². The van der Waals surface area contributed by atoms with Crippen LogP contribution in [-0.4, -0.2) is 52.2 Å². The lowest BCUT2D eigenvalue weighted by molar-refractivity contribution is -0.146. The molecule has 0 spiro atoms. The smallest absolute Gasteiger partial charge is 0.322 e. The Kier molecular flexibility index (Phi) is 3.73. The summed E-state index contributed by atoms with van der Waals surface area (Å²) in [5.74, 6) is -0.637. The highest BCUT2D eigenvalue weighted by Gasteiger charge is 2.42. The van der Waals surface area contributed by atoms with Gasteiger partial charge in [-0.25, -0.2) is 9.78 Å². The second-order valence-electron chi connectivity index (χ2n) is 4.91. The maximum Gasteiger partial charge on any atom is 0.322 e. The van der Waals surface area contributed by atoms with Crippen LogP contribution < -0.4 is 10.1 Å². The van der Waals surface area contributed by atoms with Crippen molar-refractivity contribution >= 4 is 17.7 Å². The Morgan fingerprint density at radius 1 is 1.55 bits per heavy atom. The largest absolute Gasteiger partial charge is 0.481 e. The number of carbonyl (C=O) groups excluding carboxylic acids is 1. The average Bonchev–Trinajstić information content (AvgIpc) is 2.83. The number of anilines is 1. The second kappa shape index (κ2) is 5.32. The van der Waals surface area contributed by atoms with Gasteiger partial charge < -0.3 is 20.1 Å². The molecule has 8 heteroatoms. The molecular formula is C12H16N4O4. The fraction of sp³-hybridized carbons (Fsp3) is 0.500. The highest BCUT2D eigenvalue weighted by atomic mass is 16.5. The number of carbonyl (C=O) groups is 2. The van der Waals surface area contributed by atoms with Gasteiger partial charge in [0.15, 0.2) is 0 Å². The fourth-order valence-electron chi connectivity index (χ4n) is 2.07. The standard InChI is InChI=1S/C12H16N4O4/c1-12(10(17)18)3-4-16(6-12)11(19)15-8-5-13-7-14-9(8)20-2/h5,7H,3-4,6H2,1-2H3,(H,15,19)(H,17,18). The average molecular weight is 280 g/mol. The topological polar surface area (TPSA) is 105 Å². The van der Waals surface area contributed by atoms with Gasteiger partial charge in [0.05, 0.1) is 18.7 Å². The normalized spacial score (nSPS) is 21.6. The zero-order valence-electron chi connectivity index (χ0n) is 11.3. The summed E-state index contributed by atoms with van der Waals surface area (Å²) in [6, 6.07) is -0.386. The molecule has 0 aliphatic carbocycles. The maximum atomic E-state index is 12.1.